The van der Waals surface area contributed by atoms with Crippen molar-refractivity contribution in [2.24, 2.45) is 0 Å². The average Bonchev–Trinajstić information content (AvgIpc) is 2.81. The van der Waals surface area contributed by atoms with Crippen LogP contribution < -0.4 is 4.74 Å². The summed E-state index contributed by atoms with van der Waals surface area (Å²) < 4.78 is 10.6. The van der Waals surface area contributed by atoms with E-state index in [1.54, 1.807) is 7.11 Å². The van der Waals surface area contributed by atoms with E-state index in [1.807, 2.05) is 24.3 Å². The van der Waals surface area contributed by atoms with Gasteiger partial charge in [-0.1, -0.05) is 12.1 Å². The molecule has 1 heterocycles. The number of ether oxygens (including phenoxy) is 2. The van der Waals surface area contributed by atoms with Gasteiger partial charge in [0.15, 0.2) is 0 Å². The maximum Gasteiger partial charge on any atom is 0.119 e. The van der Waals surface area contributed by atoms with Gasteiger partial charge in [-0.05, 0) is 30.5 Å². The van der Waals surface area contributed by atoms with Crippen LogP contribution in [0.3, 0.4) is 0 Å². The van der Waals surface area contributed by atoms with Gasteiger partial charge in [0.05, 0.1) is 13.2 Å². The molecule has 0 saturated carbocycles. The van der Waals surface area contributed by atoms with E-state index in [0.717, 1.165) is 30.8 Å². The van der Waals surface area contributed by atoms with Gasteiger partial charge in [0.1, 0.15) is 11.9 Å². The molecule has 2 rings (SSSR count). The van der Waals surface area contributed by atoms with Crippen LogP contribution in [0, 0.1) is 0 Å². The molecular formula is C12H16O3. The Hall–Kier alpha value is -1.06. The van der Waals surface area contributed by atoms with Crippen molar-refractivity contribution in [2.45, 2.75) is 25.0 Å². The maximum atomic E-state index is 10.1. The highest BCUT2D eigenvalue weighted by Crippen LogP contribution is 2.28. The van der Waals surface area contributed by atoms with E-state index < -0.39 is 6.10 Å². The lowest BCUT2D eigenvalue weighted by Gasteiger charge is -2.18. The summed E-state index contributed by atoms with van der Waals surface area (Å²) in [7, 11) is 1.62. The standard InChI is InChI=1S/C12H16O3/c1-14-10-5-2-4-9(8-10)12(13)11-6-3-7-15-11/h2,4-5,8,11-13H,3,6-7H2,1H3. The Balaban J connectivity index is 2.13. The van der Waals surface area contributed by atoms with Crippen LogP contribution in [0.15, 0.2) is 24.3 Å². The second-order valence-electron chi connectivity index (χ2n) is 3.77. The van der Waals surface area contributed by atoms with Crippen LogP contribution in [-0.2, 0) is 4.74 Å². The summed E-state index contributed by atoms with van der Waals surface area (Å²) in [6.45, 7) is 0.756. The first-order valence-electron chi connectivity index (χ1n) is 5.25. The van der Waals surface area contributed by atoms with Gasteiger partial charge in [-0.15, -0.1) is 0 Å². The first kappa shape index (κ1) is 10.5. The predicted octanol–water partition coefficient (Wildman–Crippen LogP) is 1.91. The summed E-state index contributed by atoms with van der Waals surface area (Å²) in [5, 5.41) is 10.1. The average molecular weight is 208 g/mol. The Morgan fingerprint density at radius 2 is 2.40 bits per heavy atom. The monoisotopic (exact) mass is 208 g/mol. The highest BCUT2D eigenvalue weighted by Gasteiger charge is 2.25. The summed E-state index contributed by atoms with van der Waals surface area (Å²) in [6.07, 6.45) is 1.36. The van der Waals surface area contributed by atoms with Crippen LogP contribution in [0.5, 0.6) is 5.75 Å². The highest BCUT2D eigenvalue weighted by molar-refractivity contribution is 5.30. The Morgan fingerprint density at radius 3 is 3.07 bits per heavy atom. The summed E-state index contributed by atoms with van der Waals surface area (Å²) in [6, 6.07) is 7.50. The third-order valence-corrected chi connectivity index (χ3v) is 2.75. The molecule has 1 aliphatic rings. The first-order chi connectivity index (χ1) is 7.31. The number of hydrogen-bond donors (Lipinski definition) is 1. The molecule has 0 amide bonds. The molecule has 1 fully saturated rings. The van der Waals surface area contributed by atoms with E-state index in [2.05, 4.69) is 0 Å². The maximum absolute atomic E-state index is 10.1. The summed E-state index contributed by atoms with van der Waals surface area (Å²) in [5.74, 6) is 0.768. The second-order valence-corrected chi connectivity index (χ2v) is 3.77. The molecule has 0 aliphatic carbocycles. The van der Waals surface area contributed by atoms with Gasteiger partial charge in [0.25, 0.3) is 0 Å². The fourth-order valence-corrected chi connectivity index (χ4v) is 1.89. The van der Waals surface area contributed by atoms with Gasteiger partial charge in [0, 0.05) is 6.61 Å². The summed E-state index contributed by atoms with van der Waals surface area (Å²) in [5.41, 5.74) is 0.862. The van der Waals surface area contributed by atoms with Gasteiger partial charge < -0.3 is 14.6 Å². The molecule has 0 aromatic heterocycles. The lowest BCUT2D eigenvalue weighted by atomic mass is 10.0. The zero-order chi connectivity index (χ0) is 10.7. The van der Waals surface area contributed by atoms with Crippen molar-refractivity contribution in [3.63, 3.8) is 0 Å². The van der Waals surface area contributed by atoms with Crippen molar-refractivity contribution in [1.29, 1.82) is 0 Å². The van der Waals surface area contributed by atoms with Crippen molar-refractivity contribution in [3.8, 4) is 5.75 Å². The normalized spacial score (nSPS) is 22.7. The van der Waals surface area contributed by atoms with Crippen LogP contribution in [0.2, 0.25) is 0 Å². The Labute approximate surface area is 89.6 Å². The first-order valence-corrected chi connectivity index (χ1v) is 5.25. The van der Waals surface area contributed by atoms with E-state index in [9.17, 15) is 5.11 Å². The van der Waals surface area contributed by atoms with Crippen molar-refractivity contribution < 1.29 is 14.6 Å². The zero-order valence-electron chi connectivity index (χ0n) is 8.85. The molecule has 0 radical (unpaired) electrons. The molecule has 1 N–H and O–H groups in total. The quantitative estimate of drug-likeness (QED) is 0.824. The molecule has 1 aromatic carbocycles. The molecule has 1 aliphatic heterocycles. The van der Waals surface area contributed by atoms with Gasteiger partial charge in [0.2, 0.25) is 0 Å². The van der Waals surface area contributed by atoms with Crippen LogP contribution in [-0.4, -0.2) is 24.9 Å². The largest absolute Gasteiger partial charge is 0.497 e. The predicted molar refractivity (Wildman–Crippen MR) is 56.9 cm³/mol. The fraction of sp³-hybridized carbons (Fsp3) is 0.500. The summed E-state index contributed by atoms with van der Waals surface area (Å²) >= 11 is 0. The number of benzene rings is 1. The van der Waals surface area contributed by atoms with Gasteiger partial charge >= 0.3 is 0 Å². The Kier molecular flexibility index (Phi) is 3.23. The zero-order valence-corrected chi connectivity index (χ0v) is 8.85. The van der Waals surface area contributed by atoms with Crippen LogP contribution in [0.1, 0.15) is 24.5 Å². The Bertz CT molecular complexity index is 318. The number of aliphatic hydroxyl groups is 1. The molecule has 2 atom stereocenters. The van der Waals surface area contributed by atoms with Crippen LogP contribution in [0.4, 0.5) is 0 Å². The number of aliphatic hydroxyl groups excluding tert-OH is 1. The van der Waals surface area contributed by atoms with E-state index in [0.29, 0.717) is 0 Å². The molecule has 15 heavy (non-hydrogen) atoms. The van der Waals surface area contributed by atoms with Gasteiger partial charge in [-0.25, -0.2) is 0 Å². The molecule has 0 bridgehead atoms. The number of hydrogen-bond acceptors (Lipinski definition) is 3. The molecular weight excluding hydrogens is 192 g/mol. The van der Waals surface area contributed by atoms with Crippen LogP contribution >= 0.6 is 0 Å². The SMILES string of the molecule is COc1cccc(C(O)C2CCCO2)c1. The fourth-order valence-electron chi connectivity index (χ4n) is 1.89. The van der Waals surface area contributed by atoms with E-state index in [4.69, 9.17) is 9.47 Å². The third-order valence-electron chi connectivity index (χ3n) is 2.75. The van der Waals surface area contributed by atoms with E-state index in [1.165, 1.54) is 0 Å². The lowest BCUT2D eigenvalue weighted by Crippen LogP contribution is -2.17. The van der Waals surface area contributed by atoms with Gasteiger partial charge in [-0.2, -0.15) is 0 Å². The molecule has 3 nitrogen and oxygen atoms in total. The van der Waals surface area contributed by atoms with Crippen molar-refractivity contribution in [3.05, 3.63) is 29.8 Å². The minimum Gasteiger partial charge on any atom is -0.497 e. The molecule has 2 unspecified atom stereocenters. The van der Waals surface area contributed by atoms with Crippen molar-refractivity contribution >= 4 is 0 Å². The topological polar surface area (TPSA) is 38.7 Å². The van der Waals surface area contributed by atoms with E-state index >= 15 is 0 Å². The smallest absolute Gasteiger partial charge is 0.119 e. The van der Waals surface area contributed by atoms with Gasteiger partial charge in [-0.3, -0.25) is 0 Å². The second kappa shape index (κ2) is 4.64. The Morgan fingerprint density at radius 1 is 1.53 bits per heavy atom. The minimum atomic E-state index is -0.539. The minimum absolute atomic E-state index is 0.0582. The van der Waals surface area contributed by atoms with Crippen LogP contribution in [0.25, 0.3) is 0 Å². The van der Waals surface area contributed by atoms with Crippen molar-refractivity contribution in [1.82, 2.24) is 0 Å². The molecule has 82 valence electrons. The lowest BCUT2D eigenvalue weighted by molar-refractivity contribution is -0.00266. The summed E-state index contributed by atoms with van der Waals surface area (Å²) in [4.78, 5) is 0. The highest BCUT2D eigenvalue weighted by atomic mass is 16.5. The molecule has 1 aromatic rings. The van der Waals surface area contributed by atoms with Crippen molar-refractivity contribution in [2.75, 3.05) is 13.7 Å². The molecule has 0 spiro atoms. The number of rotatable bonds is 3. The molecule has 3 heteroatoms. The molecule has 1 saturated heterocycles. The van der Waals surface area contributed by atoms with E-state index in [-0.39, 0.29) is 6.10 Å². The third kappa shape index (κ3) is 2.30. The number of methoxy groups -OCH3 is 1.